The smallest absolute Gasteiger partial charge is 0.0387 e. The zero-order chi connectivity index (χ0) is 13.2. The van der Waals surface area contributed by atoms with Crippen molar-refractivity contribution in [3.8, 4) is 10.4 Å². The Balaban J connectivity index is 2.12. The van der Waals surface area contributed by atoms with E-state index in [1.54, 1.807) is 11.3 Å². The van der Waals surface area contributed by atoms with Crippen LogP contribution in [0.5, 0.6) is 0 Å². The van der Waals surface area contributed by atoms with Crippen molar-refractivity contribution in [2.45, 2.75) is 19.4 Å². The maximum atomic E-state index is 6.10. The number of thiophene rings is 1. The fourth-order valence-corrected chi connectivity index (χ4v) is 3.36. The highest BCUT2D eigenvalue weighted by Gasteiger charge is 2.10. The number of hydrogen-bond donors (Lipinski definition) is 1. The molecule has 3 heteroatoms. The largest absolute Gasteiger partial charge is 0.323 e. The van der Waals surface area contributed by atoms with E-state index in [1.807, 2.05) is 18.5 Å². The Morgan fingerprint density at radius 3 is 2.95 bits per heavy atom. The monoisotopic (exact) mass is 268 g/mol. The Morgan fingerprint density at radius 1 is 1.21 bits per heavy atom. The van der Waals surface area contributed by atoms with Crippen molar-refractivity contribution in [1.29, 1.82) is 0 Å². The quantitative estimate of drug-likeness (QED) is 0.766. The van der Waals surface area contributed by atoms with E-state index in [1.165, 1.54) is 26.1 Å². The van der Waals surface area contributed by atoms with Gasteiger partial charge in [0.25, 0.3) is 0 Å². The van der Waals surface area contributed by atoms with Crippen molar-refractivity contribution in [3.05, 3.63) is 53.7 Å². The van der Waals surface area contributed by atoms with E-state index in [4.69, 9.17) is 5.73 Å². The van der Waals surface area contributed by atoms with Gasteiger partial charge in [-0.05, 0) is 30.0 Å². The van der Waals surface area contributed by atoms with Gasteiger partial charge in [-0.15, -0.1) is 11.3 Å². The Kier molecular flexibility index (Phi) is 3.32. The molecule has 0 aliphatic heterocycles. The summed E-state index contributed by atoms with van der Waals surface area (Å²) in [5.74, 6) is 0. The molecule has 96 valence electrons. The first-order valence-electron chi connectivity index (χ1n) is 6.48. The lowest BCUT2D eigenvalue weighted by Gasteiger charge is -2.05. The van der Waals surface area contributed by atoms with Gasteiger partial charge in [0.2, 0.25) is 0 Å². The van der Waals surface area contributed by atoms with Crippen molar-refractivity contribution in [2.24, 2.45) is 5.73 Å². The zero-order valence-corrected chi connectivity index (χ0v) is 11.7. The normalized spacial score (nSPS) is 12.7. The lowest BCUT2D eigenvalue weighted by molar-refractivity contribution is 0.712. The van der Waals surface area contributed by atoms with Crippen LogP contribution in [0, 0.1) is 0 Å². The highest BCUT2D eigenvalue weighted by molar-refractivity contribution is 7.15. The molecule has 3 rings (SSSR count). The van der Waals surface area contributed by atoms with Crippen molar-refractivity contribution >= 4 is 22.1 Å². The maximum Gasteiger partial charge on any atom is 0.0387 e. The number of hydrogen-bond acceptors (Lipinski definition) is 3. The molecule has 0 bridgehead atoms. The second-order valence-electron chi connectivity index (χ2n) is 4.62. The van der Waals surface area contributed by atoms with Crippen LogP contribution in [0.25, 0.3) is 21.2 Å². The number of rotatable bonds is 3. The summed E-state index contributed by atoms with van der Waals surface area (Å²) in [5, 5.41) is 2.42. The third-order valence-electron chi connectivity index (χ3n) is 3.38. The van der Waals surface area contributed by atoms with E-state index in [2.05, 4.69) is 42.2 Å². The van der Waals surface area contributed by atoms with E-state index in [0.29, 0.717) is 0 Å². The second-order valence-corrected chi connectivity index (χ2v) is 5.73. The second kappa shape index (κ2) is 5.11. The van der Waals surface area contributed by atoms with Crippen LogP contribution in [0.4, 0.5) is 0 Å². The number of pyridine rings is 1. The number of benzene rings is 1. The topological polar surface area (TPSA) is 38.9 Å². The average molecular weight is 268 g/mol. The fraction of sp³-hybridized carbons (Fsp3) is 0.188. The van der Waals surface area contributed by atoms with E-state index in [0.717, 1.165) is 6.42 Å². The summed E-state index contributed by atoms with van der Waals surface area (Å²) in [6, 6.07) is 12.9. The van der Waals surface area contributed by atoms with E-state index in [-0.39, 0.29) is 6.04 Å². The Labute approximate surface area is 116 Å². The molecule has 19 heavy (non-hydrogen) atoms. The third-order valence-corrected chi connectivity index (χ3v) is 4.63. The molecule has 2 N–H and O–H groups in total. The first kappa shape index (κ1) is 12.3. The van der Waals surface area contributed by atoms with Gasteiger partial charge < -0.3 is 5.73 Å². The molecule has 0 fully saturated rings. The van der Waals surface area contributed by atoms with E-state index < -0.39 is 0 Å². The Hall–Kier alpha value is -1.71. The zero-order valence-electron chi connectivity index (χ0n) is 10.8. The number of nitrogens with zero attached hydrogens (tertiary/aromatic N) is 1. The molecule has 0 aliphatic carbocycles. The SMILES string of the molecule is CCC(N)c1ccc(-c2cccc3ccncc23)s1. The van der Waals surface area contributed by atoms with Gasteiger partial charge in [0.1, 0.15) is 0 Å². The van der Waals surface area contributed by atoms with Crippen molar-refractivity contribution in [2.75, 3.05) is 0 Å². The van der Waals surface area contributed by atoms with Crippen LogP contribution in [0.15, 0.2) is 48.8 Å². The molecule has 2 nitrogen and oxygen atoms in total. The molecule has 2 aromatic heterocycles. The standard InChI is InChI=1S/C16H16N2S/c1-2-14(17)16-7-6-15(19-16)12-5-3-4-11-8-9-18-10-13(11)12/h3-10,14H,2,17H2,1H3. The number of aromatic nitrogens is 1. The summed E-state index contributed by atoms with van der Waals surface area (Å²) in [4.78, 5) is 6.75. The Bertz CT molecular complexity index is 697. The lowest BCUT2D eigenvalue weighted by Crippen LogP contribution is -2.05. The molecule has 0 radical (unpaired) electrons. The molecule has 0 spiro atoms. The average Bonchev–Trinajstić information content (AvgIpc) is 2.95. The summed E-state index contributed by atoms with van der Waals surface area (Å²) in [6.07, 6.45) is 4.74. The minimum absolute atomic E-state index is 0.145. The highest BCUT2D eigenvalue weighted by Crippen LogP contribution is 2.35. The van der Waals surface area contributed by atoms with Gasteiger partial charge >= 0.3 is 0 Å². The van der Waals surface area contributed by atoms with Crippen LogP contribution in [0.3, 0.4) is 0 Å². The molecule has 3 aromatic rings. The van der Waals surface area contributed by atoms with Crippen LogP contribution in [-0.4, -0.2) is 4.98 Å². The van der Waals surface area contributed by atoms with Crippen LogP contribution in [-0.2, 0) is 0 Å². The molecule has 0 saturated carbocycles. The molecular weight excluding hydrogens is 252 g/mol. The summed E-state index contributed by atoms with van der Waals surface area (Å²) >= 11 is 1.78. The van der Waals surface area contributed by atoms with Gasteiger partial charge in [-0.2, -0.15) is 0 Å². The minimum Gasteiger partial charge on any atom is -0.323 e. The van der Waals surface area contributed by atoms with E-state index >= 15 is 0 Å². The van der Waals surface area contributed by atoms with Crippen LogP contribution in [0.1, 0.15) is 24.3 Å². The molecule has 0 amide bonds. The maximum absolute atomic E-state index is 6.10. The molecule has 1 atom stereocenters. The van der Waals surface area contributed by atoms with Crippen LogP contribution in [0.2, 0.25) is 0 Å². The van der Waals surface area contributed by atoms with Gasteiger partial charge in [-0.25, -0.2) is 0 Å². The summed E-state index contributed by atoms with van der Waals surface area (Å²) < 4.78 is 0. The molecule has 0 aliphatic rings. The van der Waals surface area contributed by atoms with Crippen molar-refractivity contribution < 1.29 is 0 Å². The Morgan fingerprint density at radius 2 is 2.11 bits per heavy atom. The van der Waals surface area contributed by atoms with Crippen molar-refractivity contribution in [1.82, 2.24) is 4.98 Å². The van der Waals surface area contributed by atoms with E-state index in [9.17, 15) is 0 Å². The first-order chi connectivity index (χ1) is 9.29. The predicted molar refractivity (Wildman–Crippen MR) is 82.3 cm³/mol. The van der Waals surface area contributed by atoms with Gasteiger partial charge in [-0.1, -0.05) is 25.1 Å². The summed E-state index contributed by atoms with van der Waals surface area (Å²) in [7, 11) is 0. The third kappa shape index (κ3) is 2.27. The molecular formula is C16H16N2S. The lowest BCUT2D eigenvalue weighted by atomic mass is 10.1. The van der Waals surface area contributed by atoms with Gasteiger partial charge in [0, 0.05) is 39.1 Å². The molecule has 2 heterocycles. The molecule has 1 unspecified atom stereocenters. The fourth-order valence-electron chi connectivity index (χ4n) is 2.23. The van der Waals surface area contributed by atoms with Gasteiger partial charge in [0.05, 0.1) is 0 Å². The molecule has 1 aromatic carbocycles. The van der Waals surface area contributed by atoms with Crippen molar-refractivity contribution in [3.63, 3.8) is 0 Å². The first-order valence-corrected chi connectivity index (χ1v) is 7.29. The number of nitrogens with two attached hydrogens (primary N) is 1. The van der Waals surface area contributed by atoms with Gasteiger partial charge in [0.15, 0.2) is 0 Å². The minimum atomic E-state index is 0.145. The molecule has 0 saturated heterocycles. The predicted octanol–water partition coefficient (Wildman–Crippen LogP) is 4.37. The number of fused-ring (bicyclic) bond motifs is 1. The highest BCUT2D eigenvalue weighted by atomic mass is 32.1. The summed E-state index contributed by atoms with van der Waals surface area (Å²) in [5.41, 5.74) is 7.34. The summed E-state index contributed by atoms with van der Waals surface area (Å²) in [6.45, 7) is 2.12. The van der Waals surface area contributed by atoms with Crippen LogP contribution >= 0.6 is 11.3 Å². The van der Waals surface area contributed by atoms with Crippen LogP contribution < -0.4 is 5.73 Å². The van der Waals surface area contributed by atoms with Gasteiger partial charge in [-0.3, -0.25) is 4.98 Å².